The van der Waals surface area contributed by atoms with E-state index >= 15 is 0 Å². The first kappa shape index (κ1) is 14.5. The van der Waals surface area contributed by atoms with Crippen molar-refractivity contribution in [3.8, 4) is 0 Å². The third-order valence-electron chi connectivity index (χ3n) is 2.22. The van der Waals surface area contributed by atoms with Gasteiger partial charge < -0.3 is 4.74 Å². The SMILES string of the molecule is C=C(C)CC(OCC(=C)Br)c1ccc(Cl)cc1. The van der Waals surface area contributed by atoms with Crippen molar-refractivity contribution in [3.63, 3.8) is 0 Å². The molecule has 0 saturated carbocycles. The molecule has 3 heteroatoms. The van der Waals surface area contributed by atoms with Crippen LogP contribution < -0.4 is 0 Å². The lowest BCUT2D eigenvalue weighted by Gasteiger charge is -2.18. The fraction of sp³-hybridized carbons (Fsp3) is 0.286. The highest BCUT2D eigenvalue weighted by molar-refractivity contribution is 9.11. The molecule has 1 atom stereocenters. The summed E-state index contributed by atoms with van der Waals surface area (Å²) in [5.41, 5.74) is 2.19. The summed E-state index contributed by atoms with van der Waals surface area (Å²) in [5, 5.41) is 0.729. The van der Waals surface area contributed by atoms with Gasteiger partial charge in [-0.3, -0.25) is 0 Å². The van der Waals surface area contributed by atoms with Gasteiger partial charge in [0.15, 0.2) is 0 Å². The van der Waals surface area contributed by atoms with Crippen LogP contribution in [0.3, 0.4) is 0 Å². The van der Waals surface area contributed by atoms with Gasteiger partial charge in [0.2, 0.25) is 0 Å². The van der Waals surface area contributed by atoms with Crippen molar-refractivity contribution in [2.75, 3.05) is 6.61 Å². The molecule has 0 aliphatic rings. The zero-order chi connectivity index (χ0) is 12.8. The van der Waals surface area contributed by atoms with E-state index in [1.165, 1.54) is 0 Å². The Balaban J connectivity index is 2.77. The molecule has 0 aromatic heterocycles. The zero-order valence-electron chi connectivity index (χ0n) is 9.88. The number of halogens is 2. The van der Waals surface area contributed by atoms with Crippen molar-refractivity contribution in [1.82, 2.24) is 0 Å². The van der Waals surface area contributed by atoms with E-state index in [0.717, 1.165) is 27.1 Å². The maximum absolute atomic E-state index is 5.87. The molecular formula is C14H16BrClO. The standard InChI is InChI=1S/C14H16BrClO/c1-10(2)8-14(17-9-11(3)15)12-4-6-13(16)7-5-12/h4-7,14H,1,3,8-9H2,2H3. The highest BCUT2D eigenvalue weighted by Crippen LogP contribution is 2.26. The van der Waals surface area contributed by atoms with Crippen molar-refractivity contribution in [2.24, 2.45) is 0 Å². The Morgan fingerprint density at radius 2 is 1.94 bits per heavy atom. The Kier molecular flexibility index (Phi) is 5.96. The molecular weight excluding hydrogens is 300 g/mol. The van der Waals surface area contributed by atoms with Gasteiger partial charge in [0, 0.05) is 9.51 Å². The summed E-state index contributed by atoms with van der Waals surface area (Å²) in [5.74, 6) is 0. The fourth-order valence-electron chi connectivity index (χ4n) is 1.46. The van der Waals surface area contributed by atoms with Crippen LogP contribution >= 0.6 is 27.5 Å². The van der Waals surface area contributed by atoms with Gasteiger partial charge in [0.05, 0.1) is 12.7 Å². The highest BCUT2D eigenvalue weighted by atomic mass is 79.9. The van der Waals surface area contributed by atoms with E-state index in [1.807, 2.05) is 31.2 Å². The maximum Gasteiger partial charge on any atom is 0.0866 e. The quantitative estimate of drug-likeness (QED) is 0.650. The summed E-state index contributed by atoms with van der Waals surface area (Å²) in [6, 6.07) is 7.70. The lowest BCUT2D eigenvalue weighted by atomic mass is 10.0. The Morgan fingerprint density at radius 1 is 1.35 bits per heavy atom. The first-order valence-electron chi connectivity index (χ1n) is 5.33. The molecule has 0 amide bonds. The maximum atomic E-state index is 5.87. The normalized spacial score (nSPS) is 12.2. The van der Waals surface area contributed by atoms with Crippen molar-refractivity contribution in [1.29, 1.82) is 0 Å². The smallest absolute Gasteiger partial charge is 0.0866 e. The number of benzene rings is 1. The summed E-state index contributed by atoms with van der Waals surface area (Å²) in [6.07, 6.45) is 0.793. The van der Waals surface area contributed by atoms with Gasteiger partial charge in [-0.15, -0.1) is 6.58 Å². The Labute approximate surface area is 116 Å². The number of hydrogen-bond acceptors (Lipinski definition) is 1. The van der Waals surface area contributed by atoms with E-state index in [2.05, 4.69) is 29.1 Å². The molecule has 92 valence electrons. The molecule has 1 unspecified atom stereocenters. The summed E-state index contributed by atoms with van der Waals surface area (Å²) in [6.45, 7) is 10.2. The van der Waals surface area contributed by atoms with Gasteiger partial charge >= 0.3 is 0 Å². The van der Waals surface area contributed by atoms with Gasteiger partial charge in [0.25, 0.3) is 0 Å². The summed E-state index contributed by atoms with van der Waals surface area (Å²) < 4.78 is 6.62. The van der Waals surface area contributed by atoms with E-state index < -0.39 is 0 Å². The van der Waals surface area contributed by atoms with Gasteiger partial charge in [-0.1, -0.05) is 51.8 Å². The van der Waals surface area contributed by atoms with Gasteiger partial charge in [-0.2, -0.15) is 0 Å². The Bertz CT molecular complexity index is 397. The lowest BCUT2D eigenvalue weighted by Crippen LogP contribution is -2.06. The highest BCUT2D eigenvalue weighted by Gasteiger charge is 2.12. The second kappa shape index (κ2) is 7.00. The molecule has 1 rings (SSSR count). The Hall–Kier alpha value is -0.570. The molecule has 17 heavy (non-hydrogen) atoms. The monoisotopic (exact) mass is 314 g/mol. The van der Waals surface area contributed by atoms with Gasteiger partial charge in [-0.05, 0) is 31.0 Å². The molecule has 1 aromatic rings. The molecule has 0 aliphatic carbocycles. The third kappa shape index (κ3) is 5.53. The minimum atomic E-state index is -0.000864. The molecule has 0 N–H and O–H groups in total. The van der Waals surface area contributed by atoms with Gasteiger partial charge in [0.1, 0.15) is 0 Å². The van der Waals surface area contributed by atoms with Crippen LogP contribution in [0, 0.1) is 0 Å². The van der Waals surface area contributed by atoms with E-state index in [-0.39, 0.29) is 6.10 Å². The topological polar surface area (TPSA) is 9.23 Å². The largest absolute Gasteiger partial charge is 0.368 e. The van der Waals surface area contributed by atoms with E-state index in [9.17, 15) is 0 Å². The number of hydrogen-bond donors (Lipinski definition) is 0. The van der Waals surface area contributed by atoms with Crippen LogP contribution in [-0.4, -0.2) is 6.61 Å². The summed E-state index contributed by atoms with van der Waals surface area (Å²) >= 11 is 9.16. The Morgan fingerprint density at radius 3 is 2.41 bits per heavy atom. The fourth-order valence-corrected chi connectivity index (χ4v) is 1.72. The molecule has 0 bridgehead atoms. The number of rotatable bonds is 6. The molecule has 0 aliphatic heterocycles. The van der Waals surface area contributed by atoms with Crippen molar-refractivity contribution >= 4 is 27.5 Å². The van der Waals surface area contributed by atoms with Crippen LogP contribution in [0.4, 0.5) is 0 Å². The second-order valence-corrected chi connectivity index (χ2v) is 5.59. The molecule has 0 spiro atoms. The van der Waals surface area contributed by atoms with Crippen molar-refractivity contribution in [3.05, 3.63) is 58.1 Å². The van der Waals surface area contributed by atoms with Crippen LogP contribution in [0.2, 0.25) is 5.02 Å². The van der Waals surface area contributed by atoms with Crippen LogP contribution in [-0.2, 0) is 4.74 Å². The number of ether oxygens (including phenoxy) is 1. The lowest BCUT2D eigenvalue weighted by molar-refractivity contribution is 0.0735. The van der Waals surface area contributed by atoms with Crippen LogP contribution in [0.1, 0.15) is 25.0 Å². The van der Waals surface area contributed by atoms with Crippen molar-refractivity contribution in [2.45, 2.75) is 19.4 Å². The van der Waals surface area contributed by atoms with E-state index in [1.54, 1.807) is 0 Å². The molecule has 0 radical (unpaired) electrons. The van der Waals surface area contributed by atoms with Crippen LogP contribution in [0.15, 0.2) is 47.5 Å². The minimum absolute atomic E-state index is 0.000864. The summed E-state index contributed by atoms with van der Waals surface area (Å²) in [4.78, 5) is 0. The minimum Gasteiger partial charge on any atom is -0.368 e. The van der Waals surface area contributed by atoms with Crippen LogP contribution in [0.25, 0.3) is 0 Å². The van der Waals surface area contributed by atoms with Crippen molar-refractivity contribution < 1.29 is 4.74 Å². The molecule has 0 saturated heterocycles. The zero-order valence-corrected chi connectivity index (χ0v) is 12.2. The first-order valence-corrected chi connectivity index (χ1v) is 6.51. The molecule has 1 aromatic carbocycles. The third-order valence-corrected chi connectivity index (χ3v) is 2.70. The molecule has 0 fully saturated rings. The second-order valence-electron chi connectivity index (χ2n) is 4.03. The predicted octanol–water partition coefficient (Wildman–Crippen LogP) is 5.27. The summed E-state index contributed by atoms with van der Waals surface area (Å²) in [7, 11) is 0. The average Bonchev–Trinajstić information content (AvgIpc) is 2.25. The molecule has 1 nitrogen and oxygen atoms in total. The van der Waals surface area contributed by atoms with E-state index in [0.29, 0.717) is 6.61 Å². The average molecular weight is 316 g/mol. The van der Waals surface area contributed by atoms with E-state index in [4.69, 9.17) is 16.3 Å². The first-order chi connectivity index (χ1) is 7.99. The molecule has 0 heterocycles. The van der Waals surface area contributed by atoms with Crippen LogP contribution in [0.5, 0.6) is 0 Å². The van der Waals surface area contributed by atoms with Gasteiger partial charge in [-0.25, -0.2) is 0 Å². The predicted molar refractivity (Wildman–Crippen MR) is 77.6 cm³/mol.